The van der Waals surface area contributed by atoms with E-state index in [1.165, 1.54) is 6.20 Å². The molecule has 2 aliphatic heterocycles. The summed E-state index contributed by atoms with van der Waals surface area (Å²) < 4.78 is 39.2. The highest BCUT2D eigenvalue weighted by Gasteiger charge is 2.28. The van der Waals surface area contributed by atoms with Crippen LogP contribution in [0.5, 0.6) is 11.5 Å². The van der Waals surface area contributed by atoms with Crippen LogP contribution >= 0.6 is 0 Å². The highest BCUT2D eigenvalue weighted by atomic mass is 32.2. The number of sulfonamides is 1. The molecule has 2 aromatic rings. The predicted octanol–water partition coefficient (Wildman–Crippen LogP) is 2.46. The minimum Gasteiger partial charge on any atom is -0.490 e. The van der Waals surface area contributed by atoms with Gasteiger partial charge in [0.1, 0.15) is 16.8 Å². The van der Waals surface area contributed by atoms with E-state index in [1.807, 2.05) is 44.3 Å². The monoisotopic (exact) mass is 460 g/mol. The number of likely N-dealkylation sites (N-methyl/N-ethyl adjacent to an activating group) is 1. The van der Waals surface area contributed by atoms with Gasteiger partial charge in [-0.2, -0.15) is 4.31 Å². The molecule has 1 aromatic heterocycles. The molecule has 9 heteroatoms. The Balaban J connectivity index is 1.34. The number of nitrogens with zero attached hydrogens (tertiary/aromatic N) is 4. The first kappa shape index (κ1) is 22.8. The molecule has 0 spiro atoms. The molecule has 4 rings (SSSR count). The summed E-state index contributed by atoms with van der Waals surface area (Å²) in [6, 6.07) is 11.3. The number of pyridine rings is 1. The fraction of sp³-hybridized carbons (Fsp3) is 0.522. The van der Waals surface area contributed by atoms with Crippen molar-refractivity contribution < 1.29 is 17.9 Å². The van der Waals surface area contributed by atoms with Crippen LogP contribution in [0.4, 0.5) is 5.82 Å². The van der Waals surface area contributed by atoms with Crippen molar-refractivity contribution in [2.24, 2.45) is 0 Å². The summed E-state index contributed by atoms with van der Waals surface area (Å²) in [6.07, 6.45) is 3.33. The van der Waals surface area contributed by atoms with Gasteiger partial charge in [0.25, 0.3) is 0 Å². The van der Waals surface area contributed by atoms with Gasteiger partial charge in [-0.3, -0.25) is 0 Å². The van der Waals surface area contributed by atoms with Crippen molar-refractivity contribution in [1.29, 1.82) is 0 Å². The normalized spacial score (nSPS) is 19.1. The number of aromatic nitrogens is 1. The van der Waals surface area contributed by atoms with E-state index >= 15 is 0 Å². The van der Waals surface area contributed by atoms with Crippen molar-refractivity contribution in [2.45, 2.75) is 30.8 Å². The van der Waals surface area contributed by atoms with E-state index in [9.17, 15) is 8.42 Å². The Bertz CT molecular complexity index is 983. The Labute approximate surface area is 190 Å². The van der Waals surface area contributed by atoms with Gasteiger partial charge in [-0.25, -0.2) is 13.4 Å². The second-order valence-electron chi connectivity index (χ2n) is 8.24. The van der Waals surface area contributed by atoms with Gasteiger partial charge in [0.15, 0.2) is 11.5 Å². The maximum absolute atomic E-state index is 12.9. The summed E-state index contributed by atoms with van der Waals surface area (Å²) in [5.41, 5.74) is 0. The fourth-order valence-electron chi connectivity index (χ4n) is 4.09. The Morgan fingerprint density at radius 2 is 1.66 bits per heavy atom. The van der Waals surface area contributed by atoms with Crippen LogP contribution in [-0.4, -0.2) is 81.6 Å². The number of para-hydroxylation sites is 2. The summed E-state index contributed by atoms with van der Waals surface area (Å²) in [5.74, 6) is 2.36. The number of ether oxygens (including phenoxy) is 2. The van der Waals surface area contributed by atoms with E-state index in [-0.39, 0.29) is 11.0 Å². The third-order valence-electron chi connectivity index (χ3n) is 6.03. The highest BCUT2D eigenvalue weighted by Crippen LogP contribution is 2.30. The molecule has 0 saturated carbocycles. The van der Waals surface area contributed by atoms with Crippen LogP contribution in [-0.2, 0) is 10.0 Å². The van der Waals surface area contributed by atoms with Crippen LogP contribution in [0.25, 0.3) is 0 Å². The van der Waals surface area contributed by atoms with Gasteiger partial charge in [-0.1, -0.05) is 12.1 Å². The van der Waals surface area contributed by atoms with E-state index in [4.69, 9.17) is 9.47 Å². The van der Waals surface area contributed by atoms with Crippen molar-refractivity contribution in [2.75, 3.05) is 57.8 Å². The third kappa shape index (κ3) is 5.16. The minimum absolute atomic E-state index is 0.115. The van der Waals surface area contributed by atoms with Crippen molar-refractivity contribution in [1.82, 2.24) is 14.2 Å². The minimum atomic E-state index is -3.49. The van der Waals surface area contributed by atoms with Crippen LogP contribution in [0, 0.1) is 0 Å². The van der Waals surface area contributed by atoms with Gasteiger partial charge in [0.05, 0.1) is 6.61 Å². The zero-order chi connectivity index (χ0) is 22.6. The molecule has 0 radical (unpaired) electrons. The van der Waals surface area contributed by atoms with Crippen LogP contribution in [0.15, 0.2) is 47.5 Å². The first-order valence-electron chi connectivity index (χ1n) is 11.3. The lowest BCUT2D eigenvalue weighted by Gasteiger charge is -2.33. The van der Waals surface area contributed by atoms with E-state index in [0.717, 1.165) is 56.3 Å². The Morgan fingerprint density at radius 1 is 0.969 bits per heavy atom. The summed E-state index contributed by atoms with van der Waals surface area (Å²) >= 11 is 0. The van der Waals surface area contributed by atoms with Crippen LogP contribution in [0.1, 0.15) is 19.8 Å². The van der Waals surface area contributed by atoms with E-state index in [2.05, 4.69) is 14.8 Å². The van der Waals surface area contributed by atoms with Crippen molar-refractivity contribution in [3.8, 4) is 11.5 Å². The lowest BCUT2D eigenvalue weighted by molar-refractivity contribution is 0.162. The fourth-order valence-corrected chi connectivity index (χ4v) is 5.46. The molecule has 8 nitrogen and oxygen atoms in total. The summed E-state index contributed by atoms with van der Waals surface area (Å²) in [5, 5.41) is 0. The predicted molar refractivity (Wildman–Crippen MR) is 124 cm³/mol. The van der Waals surface area contributed by atoms with Gasteiger partial charge in [0.2, 0.25) is 10.0 Å². The lowest BCUT2D eigenvalue weighted by Crippen LogP contribution is -2.47. The summed E-state index contributed by atoms with van der Waals surface area (Å²) in [7, 11) is -1.49. The molecule has 0 N–H and O–H groups in total. The molecular weight excluding hydrogens is 428 g/mol. The molecule has 174 valence electrons. The second kappa shape index (κ2) is 10.1. The average molecular weight is 461 g/mol. The van der Waals surface area contributed by atoms with Gasteiger partial charge in [-0.15, -0.1) is 0 Å². The number of piperidine rings is 1. The van der Waals surface area contributed by atoms with E-state index < -0.39 is 10.0 Å². The zero-order valence-electron chi connectivity index (χ0n) is 18.8. The smallest absolute Gasteiger partial charge is 0.244 e. The number of hydrogen-bond acceptors (Lipinski definition) is 7. The van der Waals surface area contributed by atoms with Crippen LogP contribution in [0.3, 0.4) is 0 Å². The third-order valence-corrected chi connectivity index (χ3v) is 7.91. The molecular formula is C23H32N4O4S. The number of rotatable bonds is 7. The molecule has 2 saturated heterocycles. The number of piperazine rings is 1. The molecule has 0 aliphatic carbocycles. The number of anilines is 1. The van der Waals surface area contributed by atoms with E-state index in [0.29, 0.717) is 19.7 Å². The number of hydrogen-bond donors (Lipinski definition) is 0. The topological polar surface area (TPSA) is 75.2 Å². The quantitative estimate of drug-likeness (QED) is 0.628. The molecule has 32 heavy (non-hydrogen) atoms. The largest absolute Gasteiger partial charge is 0.490 e. The first-order valence-corrected chi connectivity index (χ1v) is 12.7. The van der Waals surface area contributed by atoms with E-state index in [1.54, 1.807) is 10.4 Å². The Kier molecular flexibility index (Phi) is 7.17. The van der Waals surface area contributed by atoms with Gasteiger partial charge < -0.3 is 19.3 Å². The van der Waals surface area contributed by atoms with Gasteiger partial charge in [-0.05, 0) is 38.2 Å². The SMILES string of the molecule is CCOc1ccccc1OC1CCN(c2ccc(S(=O)(=O)N3CCN(C)CC3)cn2)CC1. The van der Waals surface area contributed by atoms with Gasteiger partial charge in [0, 0.05) is 58.3 Å². The second-order valence-corrected chi connectivity index (χ2v) is 10.2. The molecule has 2 fully saturated rings. The highest BCUT2D eigenvalue weighted by molar-refractivity contribution is 7.89. The van der Waals surface area contributed by atoms with Crippen molar-refractivity contribution in [3.05, 3.63) is 42.6 Å². The van der Waals surface area contributed by atoms with Crippen LogP contribution < -0.4 is 14.4 Å². The van der Waals surface area contributed by atoms with Crippen molar-refractivity contribution >= 4 is 15.8 Å². The first-order chi connectivity index (χ1) is 15.5. The van der Waals surface area contributed by atoms with Crippen molar-refractivity contribution in [3.63, 3.8) is 0 Å². The Hall–Kier alpha value is -2.36. The Morgan fingerprint density at radius 3 is 2.28 bits per heavy atom. The maximum Gasteiger partial charge on any atom is 0.244 e. The molecule has 0 bridgehead atoms. The standard InChI is InChI=1S/C23H32N4O4S/c1-3-30-21-6-4-5-7-22(21)31-19-10-12-26(13-11-19)23-9-8-20(18-24-23)32(28,29)27-16-14-25(2)15-17-27/h4-9,18-19H,3,10-17H2,1-2H3. The average Bonchev–Trinajstić information content (AvgIpc) is 2.81. The number of benzene rings is 1. The lowest BCUT2D eigenvalue weighted by atomic mass is 10.1. The van der Waals surface area contributed by atoms with Crippen LogP contribution in [0.2, 0.25) is 0 Å². The summed E-state index contributed by atoms with van der Waals surface area (Å²) in [6.45, 7) is 6.70. The molecule has 2 aliphatic rings. The zero-order valence-corrected chi connectivity index (χ0v) is 19.6. The maximum atomic E-state index is 12.9. The molecule has 1 aromatic carbocycles. The van der Waals surface area contributed by atoms with Gasteiger partial charge >= 0.3 is 0 Å². The summed E-state index contributed by atoms with van der Waals surface area (Å²) in [4.78, 5) is 9.05. The molecule has 0 atom stereocenters. The molecule has 0 unspecified atom stereocenters. The molecule has 3 heterocycles. The molecule has 0 amide bonds.